The molecule has 0 N–H and O–H groups in total. The molecule has 0 amide bonds. The molecule has 0 bridgehead atoms. The normalized spacial score (nSPS) is 53.4. The molecule has 58 valence electrons. The van der Waals surface area contributed by atoms with Crippen molar-refractivity contribution >= 4 is 0 Å². The third kappa shape index (κ3) is 0.627. The van der Waals surface area contributed by atoms with Crippen molar-refractivity contribution in [2.45, 2.75) is 52.4 Å². The second-order valence-corrected chi connectivity index (χ2v) is 4.83. The van der Waals surface area contributed by atoms with Crippen molar-refractivity contribution in [3.8, 4) is 0 Å². The minimum absolute atomic E-state index is 0.743. The molecule has 2 rings (SSSR count). The summed E-state index contributed by atoms with van der Waals surface area (Å²) in [4.78, 5) is 0. The van der Waals surface area contributed by atoms with Gasteiger partial charge in [-0.15, -0.1) is 0 Å². The van der Waals surface area contributed by atoms with Crippen molar-refractivity contribution < 1.29 is 0 Å². The molecule has 2 aliphatic rings. The van der Waals surface area contributed by atoms with Crippen LogP contribution in [0.25, 0.3) is 0 Å². The molecule has 0 aliphatic heterocycles. The third-order valence-corrected chi connectivity index (χ3v) is 4.37. The predicted molar refractivity (Wildman–Crippen MR) is 43.9 cm³/mol. The Balaban J connectivity index is 2.30. The minimum atomic E-state index is 0.743. The Morgan fingerprint density at radius 2 is 1.00 bits per heavy atom. The summed E-state index contributed by atoms with van der Waals surface area (Å²) in [5.74, 6) is 0. The largest absolute Gasteiger partial charge is 0.0591 e. The van der Waals surface area contributed by atoms with Crippen molar-refractivity contribution in [2.24, 2.45) is 10.8 Å². The van der Waals surface area contributed by atoms with Crippen LogP contribution in [0.5, 0.6) is 0 Å². The maximum atomic E-state index is 2.51. The fourth-order valence-electron chi connectivity index (χ4n) is 3.19. The predicted octanol–water partition coefficient (Wildman–Crippen LogP) is 3.37. The molecule has 0 heterocycles. The lowest BCUT2D eigenvalue weighted by atomic mass is 9.71. The lowest BCUT2D eigenvalue weighted by Crippen LogP contribution is -2.25. The van der Waals surface area contributed by atoms with Gasteiger partial charge in [-0.05, 0) is 36.5 Å². The second kappa shape index (κ2) is 1.78. The summed E-state index contributed by atoms with van der Waals surface area (Å²) in [7, 11) is 0. The Hall–Kier alpha value is 0. The van der Waals surface area contributed by atoms with Gasteiger partial charge in [0.1, 0.15) is 0 Å². The van der Waals surface area contributed by atoms with Gasteiger partial charge >= 0.3 is 0 Å². The molecule has 10 heavy (non-hydrogen) atoms. The molecule has 0 radical (unpaired) electrons. The van der Waals surface area contributed by atoms with Gasteiger partial charge in [-0.25, -0.2) is 0 Å². The van der Waals surface area contributed by atoms with Gasteiger partial charge in [0.2, 0.25) is 0 Å². The summed E-state index contributed by atoms with van der Waals surface area (Å²) in [6.07, 6.45) is 9.00. The number of hydrogen-bond acceptors (Lipinski definition) is 0. The van der Waals surface area contributed by atoms with E-state index in [1.165, 1.54) is 38.5 Å². The molecule has 0 aromatic carbocycles. The molecule has 0 aromatic heterocycles. The van der Waals surface area contributed by atoms with Crippen molar-refractivity contribution in [1.82, 2.24) is 0 Å². The van der Waals surface area contributed by atoms with E-state index in [1.54, 1.807) is 0 Å². The summed E-state index contributed by atoms with van der Waals surface area (Å²) < 4.78 is 0. The summed E-state index contributed by atoms with van der Waals surface area (Å²) in [6.45, 7) is 5.01. The quantitative estimate of drug-likeness (QED) is 0.481. The number of fused-ring (bicyclic) bond motifs is 1. The van der Waals surface area contributed by atoms with Crippen LogP contribution in [0.1, 0.15) is 52.4 Å². The second-order valence-electron chi connectivity index (χ2n) is 4.83. The third-order valence-electron chi connectivity index (χ3n) is 4.37. The summed E-state index contributed by atoms with van der Waals surface area (Å²) in [5.41, 5.74) is 1.49. The van der Waals surface area contributed by atoms with Gasteiger partial charge < -0.3 is 0 Å². The molecule has 2 saturated carbocycles. The van der Waals surface area contributed by atoms with Gasteiger partial charge in [0.05, 0.1) is 0 Å². The maximum Gasteiger partial charge on any atom is -0.0272 e. The van der Waals surface area contributed by atoms with Gasteiger partial charge in [0.25, 0.3) is 0 Å². The highest BCUT2D eigenvalue weighted by atomic mass is 14.6. The van der Waals surface area contributed by atoms with Gasteiger partial charge in [-0.2, -0.15) is 0 Å². The van der Waals surface area contributed by atoms with Gasteiger partial charge in [-0.3, -0.25) is 0 Å². The van der Waals surface area contributed by atoms with Crippen LogP contribution in [0.4, 0.5) is 0 Å². The molecule has 0 heteroatoms. The van der Waals surface area contributed by atoms with Crippen molar-refractivity contribution in [1.29, 1.82) is 0 Å². The zero-order valence-corrected chi connectivity index (χ0v) is 7.24. The standard InChI is InChI=1S/C10H18/c1-9-5-3-7-10(9,2)8-4-6-9/h3-8H2,1-2H3/t9-,10+. The average Bonchev–Trinajstić information content (AvgIpc) is 2.20. The molecule has 0 atom stereocenters. The molecule has 2 aliphatic carbocycles. The molecule has 2 fully saturated rings. The van der Waals surface area contributed by atoms with E-state index >= 15 is 0 Å². The molecule has 0 unspecified atom stereocenters. The zero-order valence-electron chi connectivity index (χ0n) is 7.24. The van der Waals surface area contributed by atoms with E-state index in [0.29, 0.717) is 0 Å². The number of rotatable bonds is 0. The highest BCUT2D eigenvalue weighted by Gasteiger charge is 2.50. The SMILES string of the molecule is C[C@]12CCC[C@@]1(C)CCC2. The van der Waals surface area contributed by atoms with E-state index in [2.05, 4.69) is 13.8 Å². The molecule has 0 aromatic rings. The van der Waals surface area contributed by atoms with Crippen LogP contribution in [0.2, 0.25) is 0 Å². The van der Waals surface area contributed by atoms with E-state index < -0.39 is 0 Å². The smallest absolute Gasteiger partial charge is 0.0272 e. The monoisotopic (exact) mass is 138 g/mol. The molecular formula is C10H18. The molecular weight excluding hydrogens is 120 g/mol. The Morgan fingerprint density at radius 1 is 0.700 bits per heavy atom. The van der Waals surface area contributed by atoms with Crippen molar-refractivity contribution in [3.63, 3.8) is 0 Å². The number of hydrogen-bond donors (Lipinski definition) is 0. The first kappa shape index (κ1) is 6.69. The topological polar surface area (TPSA) is 0 Å². The molecule has 0 spiro atoms. The highest BCUT2D eigenvalue weighted by molar-refractivity contribution is 5.01. The van der Waals surface area contributed by atoms with Gasteiger partial charge in [-0.1, -0.05) is 26.7 Å². The van der Waals surface area contributed by atoms with Crippen molar-refractivity contribution in [2.75, 3.05) is 0 Å². The maximum absolute atomic E-state index is 2.51. The average molecular weight is 138 g/mol. The lowest BCUT2D eigenvalue weighted by molar-refractivity contribution is 0.157. The zero-order chi connectivity index (χ0) is 7.24. The van der Waals surface area contributed by atoms with Crippen LogP contribution in [0, 0.1) is 10.8 Å². The van der Waals surface area contributed by atoms with E-state index in [-0.39, 0.29) is 0 Å². The summed E-state index contributed by atoms with van der Waals surface area (Å²) in [5, 5.41) is 0. The molecule has 0 saturated heterocycles. The van der Waals surface area contributed by atoms with Gasteiger partial charge in [0.15, 0.2) is 0 Å². The Bertz CT molecular complexity index is 120. The van der Waals surface area contributed by atoms with Crippen LogP contribution in [0.3, 0.4) is 0 Å². The van der Waals surface area contributed by atoms with Crippen molar-refractivity contribution in [3.05, 3.63) is 0 Å². The van der Waals surface area contributed by atoms with Gasteiger partial charge in [0, 0.05) is 0 Å². The molecule has 0 nitrogen and oxygen atoms in total. The lowest BCUT2D eigenvalue weighted by Gasteiger charge is -2.34. The first-order valence-corrected chi connectivity index (χ1v) is 4.66. The van der Waals surface area contributed by atoms with Crippen LogP contribution < -0.4 is 0 Å². The van der Waals surface area contributed by atoms with E-state index in [4.69, 9.17) is 0 Å². The van der Waals surface area contributed by atoms with E-state index in [1.807, 2.05) is 0 Å². The minimum Gasteiger partial charge on any atom is -0.0591 e. The van der Waals surface area contributed by atoms with Crippen LogP contribution in [0.15, 0.2) is 0 Å². The first-order chi connectivity index (χ1) is 4.66. The highest BCUT2D eigenvalue weighted by Crippen LogP contribution is 2.62. The fourth-order valence-corrected chi connectivity index (χ4v) is 3.19. The van der Waals surface area contributed by atoms with Crippen LogP contribution in [-0.2, 0) is 0 Å². The Kier molecular flexibility index (Phi) is 1.19. The van der Waals surface area contributed by atoms with E-state index in [9.17, 15) is 0 Å². The summed E-state index contributed by atoms with van der Waals surface area (Å²) >= 11 is 0. The Labute approximate surface area is 64.0 Å². The fraction of sp³-hybridized carbons (Fsp3) is 1.00. The van der Waals surface area contributed by atoms with Crippen LogP contribution in [-0.4, -0.2) is 0 Å². The first-order valence-electron chi connectivity index (χ1n) is 4.66. The van der Waals surface area contributed by atoms with Crippen LogP contribution >= 0.6 is 0 Å². The Morgan fingerprint density at radius 3 is 1.30 bits per heavy atom. The summed E-state index contributed by atoms with van der Waals surface area (Å²) in [6, 6.07) is 0. The van der Waals surface area contributed by atoms with E-state index in [0.717, 1.165) is 10.8 Å².